The van der Waals surface area contributed by atoms with Gasteiger partial charge in [-0.3, -0.25) is 4.79 Å². The van der Waals surface area contributed by atoms with E-state index in [9.17, 15) is 4.79 Å². The van der Waals surface area contributed by atoms with Crippen LogP contribution in [-0.2, 0) is 4.79 Å². The average Bonchev–Trinajstić information content (AvgIpc) is 2.70. The van der Waals surface area contributed by atoms with Crippen molar-refractivity contribution in [2.45, 2.75) is 39.7 Å². The molecule has 1 atom stereocenters. The molecule has 1 aliphatic heterocycles. The maximum absolute atomic E-state index is 13.1. The van der Waals surface area contributed by atoms with Crippen LogP contribution in [0.4, 0.5) is 11.4 Å². The van der Waals surface area contributed by atoms with Gasteiger partial charge in [0.25, 0.3) is 0 Å². The third-order valence-electron chi connectivity index (χ3n) is 5.15. The number of carbonyl (C=O) groups excluding carboxylic acids is 1. The van der Waals surface area contributed by atoms with Crippen LogP contribution in [0.3, 0.4) is 0 Å². The molecule has 0 spiro atoms. The van der Waals surface area contributed by atoms with E-state index in [0.29, 0.717) is 6.42 Å². The van der Waals surface area contributed by atoms with Crippen LogP contribution in [0.5, 0.6) is 0 Å². The second-order valence-electron chi connectivity index (χ2n) is 8.14. The number of hydrogen-bond donors (Lipinski definition) is 2. The van der Waals surface area contributed by atoms with Gasteiger partial charge >= 0.3 is 0 Å². The lowest BCUT2D eigenvalue weighted by molar-refractivity contribution is -0.118. The zero-order chi connectivity index (χ0) is 18.5. The molecule has 2 aromatic rings. The molecule has 0 amide bonds. The van der Waals surface area contributed by atoms with E-state index in [-0.39, 0.29) is 17.2 Å². The molecule has 0 saturated heterocycles. The molecule has 0 bridgehead atoms. The van der Waals surface area contributed by atoms with Gasteiger partial charge in [-0.05, 0) is 54.2 Å². The Labute approximate surface area is 163 Å². The quantitative estimate of drug-likeness (QED) is 0.607. The Balaban J connectivity index is 1.90. The average molecular weight is 411 g/mol. The van der Waals surface area contributed by atoms with Crippen LogP contribution < -0.4 is 10.6 Å². The van der Waals surface area contributed by atoms with Crippen molar-refractivity contribution in [3.05, 3.63) is 69.3 Å². The lowest BCUT2D eigenvalue weighted by Gasteiger charge is -2.34. The van der Waals surface area contributed by atoms with Crippen molar-refractivity contribution in [3.63, 3.8) is 0 Å². The monoisotopic (exact) mass is 410 g/mol. The van der Waals surface area contributed by atoms with Gasteiger partial charge in [-0.2, -0.15) is 0 Å². The third-order valence-corrected chi connectivity index (χ3v) is 5.64. The second kappa shape index (κ2) is 6.27. The molecule has 4 heteroatoms. The summed E-state index contributed by atoms with van der Waals surface area (Å²) in [4.78, 5) is 13.1. The number of nitrogens with one attached hydrogen (secondary N) is 2. The molecule has 26 heavy (non-hydrogen) atoms. The molecule has 2 N–H and O–H groups in total. The summed E-state index contributed by atoms with van der Waals surface area (Å²) in [6, 6.07) is 14.4. The maximum Gasteiger partial charge on any atom is 0.163 e. The SMILES string of the molecule is Cc1ccc2c(c1)N[C@H](c1cccc(Br)c1)C1=C(CC(C)(C)CC1=O)N2. The second-order valence-corrected chi connectivity index (χ2v) is 9.06. The van der Waals surface area contributed by atoms with Crippen molar-refractivity contribution in [1.82, 2.24) is 0 Å². The van der Waals surface area contributed by atoms with E-state index in [1.165, 1.54) is 5.56 Å². The van der Waals surface area contributed by atoms with Gasteiger partial charge in [-0.15, -0.1) is 0 Å². The van der Waals surface area contributed by atoms with E-state index < -0.39 is 0 Å². The molecule has 3 nitrogen and oxygen atoms in total. The van der Waals surface area contributed by atoms with Crippen molar-refractivity contribution in [3.8, 4) is 0 Å². The number of rotatable bonds is 1. The van der Waals surface area contributed by atoms with Gasteiger partial charge in [-0.25, -0.2) is 0 Å². The number of fused-ring (bicyclic) bond motifs is 1. The van der Waals surface area contributed by atoms with E-state index in [4.69, 9.17) is 0 Å². The Morgan fingerprint density at radius 1 is 1.08 bits per heavy atom. The maximum atomic E-state index is 13.1. The van der Waals surface area contributed by atoms with Crippen molar-refractivity contribution < 1.29 is 4.79 Å². The molecule has 2 aliphatic rings. The highest BCUT2D eigenvalue weighted by molar-refractivity contribution is 9.10. The van der Waals surface area contributed by atoms with Crippen LogP contribution in [0.15, 0.2) is 58.2 Å². The molecule has 134 valence electrons. The fourth-order valence-corrected chi connectivity index (χ4v) is 4.41. The molecule has 0 radical (unpaired) electrons. The van der Waals surface area contributed by atoms with E-state index in [2.05, 4.69) is 77.7 Å². The number of anilines is 2. The zero-order valence-electron chi connectivity index (χ0n) is 15.3. The largest absolute Gasteiger partial charge is 0.372 e. The molecular formula is C22H23BrN2O. The first kappa shape index (κ1) is 17.3. The Morgan fingerprint density at radius 3 is 2.65 bits per heavy atom. The number of hydrogen-bond acceptors (Lipinski definition) is 3. The van der Waals surface area contributed by atoms with Gasteiger partial charge in [-0.1, -0.05) is 48.0 Å². The number of aryl methyl sites for hydroxylation is 1. The topological polar surface area (TPSA) is 41.1 Å². The molecule has 0 aromatic heterocycles. The van der Waals surface area contributed by atoms with Gasteiger partial charge in [0.15, 0.2) is 5.78 Å². The lowest BCUT2D eigenvalue weighted by Crippen LogP contribution is -2.31. The fraction of sp³-hybridized carbons (Fsp3) is 0.318. The lowest BCUT2D eigenvalue weighted by atomic mass is 9.73. The molecule has 4 rings (SSSR count). The van der Waals surface area contributed by atoms with Crippen molar-refractivity contribution in [1.29, 1.82) is 0 Å². The summed E-state index contributed by atoms with van der Waals surface area (Å²) in [6.07, 6.45) is 1.45. The summed E-state index contributed by atoms with van der Waals surface area (Å²) < 4.78 is 1.02. The summed E-state index contributed by atoms with van der Waals surface area (Å²) in [7, 11) is 0. The number of allylic oxidation sites excluding steroid dienone is 1. The van der Waals surface area contributed by atoms with Gasteiger partial charge in [0.2, 0.25) is 0 Å². The number of benzene rings is 2. The first-order chi connectivity index (χ1) is 12.3. The number of Topliss-reactive ketones (excluding diaryl/α,β-unsaturated/α-hetero) is 1. The number of halogens is 1. The minimum Gasteiger partial charge on any atom is -0.372 e. The van der Waals surface area contributed by atoms with Crippen molar-refractivity contribution in [2.75, 3.05) is 10.6 Å². The standard InChI is InChI=1S/C22H23BrN2O/c1-13-7-8-16-17(9-13)25-21(14-5-4-6-15(23)10-14)20-18(24-16)11-22(2,3)12-19(20)26/h4-10,21,24-25H,11-12H2,1-3H3/t21-/m1/s1. The molecular weight excluding hydrogens is 388 g/mol. The van der Waals surface area contributed by atoms with Gasteiger partial charge in [0.05, 0.1) is 17.4 Å². The highest BCUT2D eigenvalue weighted by Gasteiger charge is 2.38. The summed E-state index contributed by atoms with van der Waals surface area (Å²) in [5.74, 6) is 0.228. The molecule has 0 saturated carbocycles. The van der Waals surface area contributed by atoms with Crippen LogP contribution in [0, 0.1) is 12.3 Å². The molecule has 1 aliphatic carbocycles. The van der Waals surface area contributed by atoms with E-state index in [1.54, 1.807) is 0 Å². The number of ketones is 1. The van der Waals surface area contributed by atoms with E-state index in [1.807, 2.05) is 12.1 Å². The Hall–Kier alpha value is -2.07. The van der Waals surface area contributed by atoms with Gasteiger partial charge < -0.3 is 10.6 Å². The molecule has 1 heterocycles. The first-order valence-electron chi connectivity index (χ1n) is 8.98. The van der Waals surface area contributed by atoms with Crippen LogP contribution in [0.1, 0.15) is 43.9 Å². The van der Waals surface area contributed by atoms with Gasteiger partial charge in [0.1, 0.15) is 0 Å². The van der Waals surface area contributed by atoms with Crippen LogP contribution >= 0.6 is 15.9 Å². The highest BCUT2D eigenvalue weighted by atomic mass is 79.9. The smallest absolute Gasteiger partial charge is 0.163 e. The minimum absolute atomic E-state index is 0.0278. The highest BCUT2D eigenvalue weighted by Crippen LogP contribution is 2.45. The van der Waals surface area contributed by atoms with Crippen molar-refractivity contribution >= 4 is 33.1 Å². The molecule has 0 unspecified atom stereocenters. The zero-order valence-corrected chi connectivity index (χ0v) is 16.9. The van der Waals surface area contributed by atoms with Gasteiger partial charge in [0, 0.05) is 22.2 Å². The van der Waals surface area contributed by atoms with Crippen molar-refractivity contribution in [2.24, 2.45) is 5.41 Å². The Bertz CT molecular complexity index is 929. The normalized spacial score (nSPS) is 21.2. The van der Waals surface area contributed by atoms with Crippen LogP contribution in [0.25, 0.3) is 0 Å². The van der Waals surface area contributed by atoms with E-state index >= 15 is 0 Å². The Kier molecular flexibility index (Phi) is 4.19. The predicted octanol–water partition coefficient (Wildman–Crippen LogP) is 5.98. The Morgan fingerprint density at radius 2 is 1.88 bits per heavy atom. The minimum atomic E-state index is -0.151. The summed E-state index contributed by atoms with van der Waals surface area (Å²) in [5.41, 5.74) is 6.25. The van der Waals surface area contributed by atoms with Crippen LogP contribution in [-0.4, -0.2) is 5.78 Å². The summed E-state index contributed by atoms with van der Waals surface area (Å²) in [6.45, 7) is 6.42. The molecule has 0 fully saturated rings. The van der Waals surface area contributed by atoms with E-state index in [0.717, 1.165) is 39.1 Å². The fourth-order valence-electron chi connectivity index (χ4n) is 3.99. The third kappa shape index (κ3) is 3.18. The summed E-state index contributed by atoms with van der Waals surface area (Å²) in [5, 5.41) is 7.21. The number of carbonyl (C=O) groups is 1. The van der Waals surface area contributed by atoms with Crippen LogP contribution in [0.2, 0.25) is 0 Å². The summed E-state index contributed by atoms with van der Waals surface area (Å²) >= 11 is 3.57. The molecule has 2 aromatic carbocycles. The first-order valence-corrected chi connectivity index (χ1v) is 9.78. The predicted molar refractivity (Wildman–Crippen MR) is 110 cm³/mol.